The van der Waals surface area contributed by atoms with Crippen LogP contribution in [-0.2, 0) is 42.4 Å². The number of nitrogens with zero attached hydrogens (tertiary/aromatic N) is 6. The zero-order valence-corrected chi connectivity index (χ0v) is 24.2. The summed E-state index contributed by atoms with van der Waals surface area (Å²) < 4.78 is 1.53. The summed E-state index contributed by atoms with van der Waals surface area (Å²) in [6.07, 6.45) is 1.64. The van der Waals surface area contributed by atoms with Gasteiger partial charge in [-0.2, -0.15) is 0 Å². The summed E-state index contributed by atoms with van der Waals surface area (Å²) in [5.41, 5.74) is 2.79. The molecule has 0 aliphatic carbocycles. The number of rotatable bonds is 11. The van der Waals surface area contributed by atoms with E-state index in [0.29, 0.717) is 11.0 Å². The number of hydrogen-bond acceptors (Lipinski definition) is 15. The van der Waals surface area contributed by atoms with Crippen molar-refractivity contribution >= 4 is 81.5 Å². The Bertz CT molecular complexity index is 1760. The summed E-state index contributed by atoms with van der Waals surface area (Å²) in [5.74, 6) is -4.67. The summed E-state index contributed by atoms with van der Waals surface area (Å²) in [5, 5.41) is 29.3. The van der Waals surface area contributed by atoms with Gasteiger partial charge in [0.15, 0.2) is 16.7 Å². The minimum Gasteiger partial charge on any atom is -0.479 e. The molecular formula is C22H20N8O10S3. The molecule has 0 saturated carbocycles. The van der Waals surface area contributed by atoms with Gasteiger partial charge in [0, 0.05) is 23.1 Å². The van der Waals surface area contributed by atoms with Crippen molar-refractivity contribution in [1.29, 1.82) is 0 Å². The number of thiazole rings is 1. The van der Waals surface area contributed by atoms with Crippen LogP contribution in [0.1, 0.15) is 11.5 Å². The minimum atomic E-state index is -1.47. The Morgan fingerprint density at radius 3 is 2.60 bits per heavy atom. The topological polar surface area (TPSA) is 258 Å². The number of allylic oxidation sites excluding steroid dienone is 1. The largest absolute Gasteiger partial charge is 0.479 e. The van der Waals surface area contributed by atoms with E-state index in [1.54, 1.807) is 0 Å². The van der Waals surface area contributed by atoms with Crippen LogP contribution in [-0.4, -0.2) is 94.0 Å². The lowest BCUT2D eigenvalue weighted by molar-refractivity contribution is -0.150. The van der Waals surface area contributed by atoms with Crippen LogP contribution in [0.25, 0.3) is 4.91 Å². The third-order valence-corrected chi connectivity index (χ3v) is 8.16. The number of carboxylic acids is 2. The summed E-state index contributed by atoms with van der Waals surface area (Å²) in [6, 6.07) is -1.19. The van der Waals surface area contributed by atoms with Crippen molar-refractivity contribution < 1.29 is 39.0 Å². The van der Waals surface area contributed by atoms with Gasteiger partial charge in [0.05, 0.1) is 0 Å². The number of nitrogens with two attached hydrogens (primary N) is 1. The number of carboxylic acid groups (broad SMARTS) is 2. The van der Waals surface area contributed by atoms with Crippen molar-refractivity contribution in [1.82, 2.24) is 29.5 Å². The number of aliphatic carboxylic acids is 2. The maximum Gasteiger partial charge on any atom is 0.352 e. The standard InChI is InChI=1S/C22H20N8O10S3/c1-28-15(26-29(2-3-31)19(37)18(28)36)10(41)4-8-6-42-20-13(17(35)30(20)14(8)21(38)39)25-16(34)12(27-40-5-11(32)33)9-7-43-22(23)24-9/h3-4,7,13,20,41H,2,5-6H2,1H3,(H2,23,24)(H,25,34)(H,32,33)(H,38,39). The molecule has 1 fully saturated rings. The molecule has 2 aromatic rings. The van der Waals surface area contributed by atoms with Crippen molar-refractivity contribution in [2.24, 2.45) is 12.2 Å². The molecule has 43 heavy (non-hydrogen) atoms. The molecule has 0 bridgehead atoms. The first-order chi connectivity index (χ1) is 20.3. The van der Waals surface area contributed by atoms with Crippen LogP contribution in [0.2, 0.25) is 0 Å². The Balaban J connectivity index is 1.62. The molecule has 0 aromatic carbocycles. The third-order valence-electron chi connectivity index (χ3n) is 5.85. The summed E-state index contributed by atoms with van der Waals surface area (Å²) in [6.45, 7) is -1.35. The van der Waals surface area contributed by atoms with Crippen molar-refractivity contribution in [3.8, 4) is 0 Å². The van der Waals surface area contributed by atoms with Crippen molar-refractivity contribution in [3.63, 3.8) is 0 Å². The van der Waals surface area contributed by atoms with E-state index in [-0.39, 0.29) is 32.9 Å². The Hall–Kier alpha value is -4.76. The highest BCUT2D eigenvalue weighted by molar-refractivity contribution is 8.00. The van der Waals surface area contributed by atoms with E-state index in [0.717, 1.165) is 32.6 Å². The Morgan fingerprint density at radius 2 is 2.00 bits per heavy atom. The molecule has 0 spiro atoms. The number of aromatic nitrogens is 4. The Kier molecular flexibility index (Phi) is 9.16. The lowest BCUT2D eigenvalue weighted by atomic mass is 10.0. The fourth-order valence-electron chi connectivity index (χ4n) is 3.94. The SMILES string of the molecule is Cn1c(C(S)=CC2=C(C(=O)O)N3C(=O)C(NC(=O)C(=NOCC(=O)O)c4csc(N)n4)C3SC2)nn(CC=O)c(=O)c1=O. The summed E-state index contributed by atoms with van der Waals surface area (Å²) in [7, 11) is 1.25. The van der Waals surface area contributed by atoms with Gasteiger partial charge in [-0.1, -0.05) is 5.16 Å². The number of nitrogen functional groups attached to an aromatic ring is 1. The quantitative estimate of drug-likeness (QED) is 0.0427. The van der Waals surface area contributed by atoms with Gasteiger partial charge >= 0.3 is 23.1 Å². The van der Waals surface area contributed by atoms with Crippen molar-refractivity contribution in [2.75, 3.05) is 18.1 Å². The molecule has 2 aliphatic heterocycles. The molecule has 18 nitrogen and oxygen atoms in total. The first-order valence-electron chi connectivity index (χ1n) is 11.7. The summed E-state index contributed by atoms with van der Waals surface area (Å²) >= 11 is 6.40. The molecule has 2 amide bonds. The van der Waals surface area contributed by atoms with E-state index in [1.165, 1.54) is 18.5 Å². The number of thioether (sulfide) groups is 1. The Labute approximate surface area is 252 Å². The molecule has 226 valence electrons. The lowest BCUT2D eigenvalue weighted by Gasteiger charge is -2.49. The molecule has 1 saturated heterocycles. The monoisotopic (exact) mass is 652 g/mol. The first-order valence-corrected chi connectivity index (χ1v) is 14.1. The highest BCUT2D eigenvalue weighted by Crippen LogP contribution is 2.41. The van der Waals surface area contributed by atoms with Crippen molar-refractivity contribution in [3.05, 3.63) is 55.0 Å². The highest BCUT2D eigenvalue weighted by atomic mass is 32.2. The maximum atomic E-state index is 13.1. The first kappa shape index (κ1) is 31.2. The van der Waals surface area contributed by atoms with Crippen LogP contribution >= 0.6 is 35.7 Å². The number of β-lactam (4-membered cyclic amide) rings is 1. The molecule has 2 aromatic heterocycles. The zero-order chi connectivity index (χ0) is 31.6. The zero-order valence-electron chi connectivity index (χ0n) is 21.7. The normalized spacial score (nSPS) is 18.6. The predicted molar refractivity (Wildman–Crippen MR) is 153 cm³/mol. The molecule has 2 unspecified atom stereocenters. The number of nitrogens with one attached hydrogen (secondary N) is 1. The molecule has 5 N–H and O–H groups in total. The van der Waals surface area contributed by atoms with Gasteiger partial charge < -0.3 is 30.9 Å². The van der Waals surface area contributed by atoms with Crippen LogP contribution in [0.15, 0.2) is 37.5 Å². The molecular weight excluding hydrogens is 632 g/mol. The Morgan fingerprint density at radius 1 is 1.28 bits per heavy atom. The fourth-order valence-corrected chi connectivity index (χ4v) is 6.14. The number of oxime groups is 1. The van der Waals surface area contributed by atoms with Crippen LogP contribution < -0.4 is 22.2 Å². The second kappa shape index (κ2) is 12.6. The number of hydrogen-bond donors (Lipinski definition) is 5. The fraction of sp³-hybridized carbons (Fsp3) is 0.273. The molecule has 2 atom stereocenters. The lowest BCUT2D eigenvalue weighted by Crippen LogP contribution is -2.71. The van der Waals surface area contributed by atoms with E-state index >= 15 is 0 Å². The number of thiol groups is 1. The average Bonchev–Trinajstić information content (AvgIpc) is 3.39. The minimum absolute atomic E-state index is 0.0136. The van der Waals surface area contributed by atoms with Crippen LogP contribution in [0.4, 0.5) is 5.13 Å². The van der Waals surface area contributed by atoms with Gasteiger partial charge in [-0.15, -0.1) is 40.8 Å². The van der Waals surface area contributed by atoms with Gasteiger partial charge in [0.2, 0.25) is 6.61 Å². The van der Waals surface area contributed by atoms with Gasteiger partial charge in [-0.05, 0) is 11.6 Å². The number of amides is 2. The predicted octanol–water partition coefficient (Wildman–Crippen LogP) is -2.31. The smallest absolute Gasteiger partial charge is 0.352 e. The van der Waals surface area contributed by atoms with Crippen LogP contribution in [0.3, 0.4) is 0 Å². The van der Waals surface area contributed by atoms with E-state index < -0.39 is 70.8 Å². The van der Waals surface area contributed by atoms with Gasteiger partial charge in [0.1, 0.15) is 35.6 Å². The molecule has 4 heterocycles. The highest BCUT2D eigenvalue weighted by Gasteiger charge is 2.54. The van der Waals surface area contributed by atoms with E-state index in [2.05, 4.69) is 38.0 Å². The van der Waals surface area contributed by atoms with Crippen LogP contribution in [0.5, 0.6) is 0 Å². The molecule has 4 rings (SSSR count). The number of aldehydes is 1. The van der Waals surface area contributed by atoms with Gasteiger partial charge in [-0.3, -0.25) is 28.6 Å². The maximum absolute atomic E-state index is 13.1. The second-order valence-corrected chi connectivity index (χ2v) is 11.1. The number of fused-ring (bicyclic) bond motifs is 1. The van der Waals surface area contributed by atoms with E-state index in [9.17, 15) is 38.7 Å². The molecule has 0 radical (unpaired) electrons. The van der Waals surface area contributed by atoms with Crippen LogP contribution in [0, 0.1) is 0 Å². The van der Waals surface area contributed by atoms with Crippen molar-refractivity contribution in [2.45, 2.75) is 18.0 Å². The second-order valence-electron chi connectivity index (χ2n) is 8.59. The van der Waals surface area contributed by atoms with E-state index in [4.69, 9.17) is 10.8 Å². The molecule has 2 aliphatic rings. The number of anilines is 1. The van der Waals surface area contributed by atoms with E-state index in [1.807, 2.05) is 0 Å². The van der Waals surface area contributed by atoms with Gasteiger partial charge in [0.25, 0.3) is 11.8 Å². The molecule has 21 heteroatoms. The average molecular weight is 653 g/mol. The summed E-state index contributed by atoms with van der Waals surface area (Å²) in [4.78, 5) is 94.0. The number of carbonyl (C=O) groups is 5. The number of carbonyl (C=O) groups excluding carboxylic acids is 3. The van der Waals surface area contributed by atoms with Gasteiger partial charge in [-0.25, -0.2) is 19.3 Å². The third kappa shape index (κ3) is 6.22.